The van der Waals surface area contributed by atoms with Gasteiger partial charge in [0.2, 0.25) is 0 Å². The van der Waals surface area contributed by atoms with Crippen LogP contribution in [0.3, 0.4) is 0 Å². The van der Waals surface area contributed by atoms with Gasteiger partial charge in [-0.2, -0.15) is 0 Å². The summed E-state index contributed by atoms with van der Waals surface area (Å²) in [5.74, 6) is 0.970. The molecule has 7 nitrogen and oxygen atoms in total. The Morgan fingerprint density at radius 1 is 0.895 bits per heavy atom. The van der Waals surface area contributed by atoms with Crippen LogP contribution in [0.2, 0.25) is 0 Å². The number of dihydropyridines is 1. The molecule has 1 saturated carbocycles. The van der Waals surface area contributed by atoms with E-state index >= 15 is 0 Å². The first kappa shape index (κ1) is 25.9. The number of ether oxygens (including phenoxy) is 4. The number of carbonyl (C=O) groups is 2. The van der Waals surface area contributed by atoms with Crippen LogP contribution in [0.5, 0.6) is 17.2 Å². The van der Waals surface area contributed by atoms with Crippen LogP contribution >= 0.6 is 0 Å². The Morgan fingerprint density at radius 3 is 2.32 bits per heavy atom. The van der Waals surface area contributed by atoms with Crippen molar-refractivity contribution in [2.45, 2.75) is 63.4 Å². The van der Waals surface area contributed by atoms with Gasteiger partial charge in [0.1, 0.15) is 11.9 Å². The molecule has 2 aromatic carbocycles. The van der Waals surface area contributed by atoms with E-state index in [9.17, 15) is 9.59 Å². The summed E-state index contributed by atoms with van der Waals surface area (Å²) in [4.78, 5) is 27.5. The smallest absolute Gasteiger partial charge is 0.337 e. The fourth-order valence-electron chi connectivity index (χ4n) is 6.09. The normalized spacial score (nSPS) is 21.6. The van der Waals surface area contributed by atoms with E-state index in [0.29, 0.717) is 46.9 Å². The highest BCUT2D eigenvalue weighted by atomic mass is 16.5. The quantitative estimate of drug-likeness (QED) is 0.482. The van der Waals surface area contributed by atoms with E-state index < -0.39 is 5.92 Å². The van der Waals surface area contributed by atoms with E-state index in [4.69, 9.17) is 18.9 Å². The van der Waals surface area contributed by atoms with Gasteiger partial charge in [0, 0.05) is 29.0 Å². The van der Waals surface area contributed by atoms with Gasteiger partial charge in [-0.1, -0.05) is 24.3 Å². The minimum Gasteiger partial charge on any atom is -0.496 e. The average Bonchev–Trinajstić information content (AvgIpc) is 3.44. The summed E-state index contributed by atoms with van der Waals surface area (Å²) in [5, 5.41) is 3.43. The van der Waals surface area contributed by atoms with Crippen LogP contribution < -0.4 is 19.5 Å². The number of para-hydroxylation sites is 1. The predicted molar refractivity (Wildman–Crippen MR) is 143 cm³/mol. The van der Waals surface area contributed by atoms with Crippen molar-refractivity contribution in [3.05, 3.63) is 76.1 Å². The fraction of sp³-hybridized carbons (Fsp3) is 0.419. The number of allylic oxidation sites excluding steroid dienone is 3. The highest BCUT2D eigenvalue weighted by Crippen LogP contribution is 2.48. The highest BCUT2D eigenvalue weighted by molar-refractivity contribution is 6.04. The van der Waals surface area contributed by atoms with Gasteiger partial charge in [-0.3, -0.25) is 4.79 Å². The van der Waals surface area contributed by atoms with Crippen molar-refractivity contribution < 1.29 is 28.5 Å². The maximum Gasteiger partial charge on any atom is 0.337 e. The second-order valence-electron chi connectivity index (χ2n) is 10.2. The Hall–Kier alpha value is -3.74. The van der Waals surface area contributed by atoms with Crippen molar-refractivity contribution in [3.63, 3.8) is 0 Å². The Balaban J connectivity index is 1.55. The van der Waals surface area contributed by atoms with E-state index in [-0.39, 0.29) is 23.8 Å². The minimum absolute atomic E-state index is 0.00751. The molecule has 2 aliphatic carbocycles. The first-order chi connectivity index (χ1) is 18.4. The third-order valence-corrected chi connectivity index (χ3v) is 7.95. The summed E-state index contributed by atoms with van der Waals surface area (Å²) in [7, 11) is 4.82. The highest BCUT2D eigenvalue weighted by Gasteiger charge is 2.43. The molecule has 7 heteroatoms. The molecule has 1 fully saturated rings. The van der Waals surface area contributed by atoms with Gasteiger partial charge in [-0.05, 0) is 68.7 Å². The first-order valence-corrected chi connectivity index (χ1v) is 13.2. The lowest BCUT2D eigenvalue weighted by Gasteiger charge is -2.37. The Bertz CT molecular complexity index is 1300. The van der Waals surface area contributed by atoms with Gasteiger partial charge in [-0.15, -0.1) is 0 Å². The van der Waals surface area contributed by atoms with E-state index in [1.807, 2.05) is 49.4 Å². The van der Waals surface area contributed by atoms with Crippen molar-refractivity contribution in [3.8, 4) is 17.2 Å². The molecule has 2 aromatic rings. The molecule has 2 atom stereocenters. The molecule has 0 amide bonds. The molecule has 1 aliphatic heterocycles. The molecule has 0 radical (unpaired) electrons. The Morgan fingerprint density at radius 2 is 1.61 bits per heavy atom. The van der Waals surface area contributed by atoms with Crippen LogP contribution in [0.15, 0.2) is 65.0 Å². The fourth-order valence-corrected chi connectivity index (χ4v) is 6.09. The zero-order valence-electron chi connectivity index (χ0n) is 22.5. The zero-order chi connectivity index (χ0) is 26.8. The van der Waals surface area contributed by atoms with Gasteiger partial charge in [-0.25, -0.2) is 4.79 Å². The van der Waals surface area contributed by atoms with Crippen molar-refractivity contribution in [1.29, 1.82) is 0 Å². The van der Waals surface area contributed by atoms with Crippen molar-refractivity contribution >= 4 is 11.8 Å². The maximum absolute atomic E-state index is 13.9. The lowest BCUT2D eigenvalue weighted by molar-refractivity contribution is -0.144. The number of esters is 1. The molecule has 3 aliphatic rings. The summed E-state index contributed by atoms with van der Waals surface area (Å²) in [6.45, 7) is 1.89. The summed E-state index contributed by atoms with van der Waals surface area (Å²) in [5.41, 5.74) is 4.45. The van der Waals surface area contributed by atoms with Crippen LogP contribution in [0.1, 0.15) is 68.4 Å². The number of rotatable bonds is 7. The Labute approximate surface area is 223 Å². The van der Waals surface area contributed by atoms with Gasteiger partial charge < -0.3 is 24.3 Å². The second-order valence-corrected chi connectivity index (χ2v) is 10.2. The van der Waals surface area contributed by atoms with Crippen LogP contribution in [-0.2, 0) is 14.3 Å². The van der Waals surface area contributed by atoms with Gasteiger partial charge >= 0.3 is 5.97 Å². The molecular weight excluding hydrogens is 482 g/mol. The topological polar surface area (TPSA) is 83.1 Å². The van der Waals surface area contributed by atoms with E-state index in [2.05, 4.69) is 5.32 Å². The molecule has 200 valence electrons. The number of carbonyl (C=O) groups excluding carboxylic acids is 2. The minimum atomic E-state index is -0.560. The predicted octanol–water partition coefficient (Wildman–Crippen LogP) is 5.56. The molecule has 0 aromatic heterocycles. The first-order valence-electron chi connectivity index (χ1n) is 13.2. The van der Waals surface area contributed by atoms with Crippen molar-refractivity contribution in [2.75, 3.05) is 21.3 Å². The third-order valence-electron chi connectivity index (χ3n) is 7.95. The summed E-state index contributed by atoms with van der Waals surface area (Å²) >= 11 is 0. The number of ketones is 1. The van der Waals surface area contributed by atoms with Gasteiger partial charge in [0.25, 0.3) is 0 Å². The van der Waals surface area contributed by atoms with E-state index in [1.165, 1.54) is 0 Å². The summed E-state index contributed by atoms with van der Waals surface area (Å²) < 4.78 is 22.5. The SMILES string of the molecule is COc1ccc([C@@H]2CC(=O)C3=C(C2)NC(C)=C(C(=O)OC2CCCC2)[C@@H]3c2ccccc2OC)cc1OC. The van der Waals surface area contributed by atoms with E-state index in [0.717, 1.165) is 42.5 Å². The monoisotopic (exact) mass is 517 g/mol. The third kappa shape index (κ3) is 4.77. The van der Waals surface area contributed by atoms with Gasteiger partial charge in [0.05, 0.1) is 32.8 Å². The largest absolute Gasteiger partial charge is 0.496 e. The van der Waals surface area contributed by atoms with Crippen LogP contribution in [0.25, 0.3) is 0 Å². The van der Waals surface area contributed by atoms with Crippen LogP contribution in [-0.4, -0.2) is 39.2 Å². The molecule has 38 heavy (non-hydrogen) atoms. The molecule has 0 saturated heterocycles. The van der Waals surface area contributed by atoms with Gasteiger partial charge in [0.15, 0.2) is 17.3 Å². The maximum atomic E-state index is 13.9. The summed E-state index contributed by atoms with van der Waals surface area (Å²) in [6, 6.07) is 13.4. The van der Waals surface area contributed by atoms with Crippen molar-refractivity contribution in [1.82, 2.24) is 5.32 Å². The van der Waals surface area contributed by atoms with Crippen molar-refractivity contribution in [2.24, 2.45) is 0 Å². The standard InChI is InChI=1S/C31H35NO6/c1-18-28(31(34)38-21-9-5-6-10-21)29(22-11-7-8-12-25(22)35-2)30-23(32-18)15-20(16-24(30)33)19-13-14-26(36-3)27(17-19)37-4/h7-8,11-14,17,20-21,29,32H,5-6,9-10,15-16H2,1-4H3/t20-,29-/m0/s1. The second kappa shape index (κ2) is 10.9. The number of methoxy groups -OCH3 is 3. The zero-order valence-corrected chi connectivity index (χ0v) is 22.5. The number of Topliss-reactive ketones (excluding diaryl/α,β-unsaturated/α-hetero) is 1. The molecule has 5 rings (SSSR count). The van der Waals surface area contributed by atoms with Crippen LogP contribution in [0.4, 0.5) is 0 Å². The molecule has 1 N–H and O–H groups in total. The van der Waals surface area contributed by atoms with Crippen LogP contribution in [0, 0.1) is 0 Å². The lowest BCUT2D eigenvalue weighted by Crippen LogP contribution is -2.36. The van der Waals surface area contributed by atoms with E-state index in [1.54, 1.807) is 21.3 Å². The number of benzene rings is 2. The molecule has 0 unspecified atom stereocenters. The molecule has 0 spiro atoms. The molecule has 0 bridgehead atoms. The average molecular weight is 518 g/mol. The number of nitrogens with one attached hydrogen (secondary N) is 1. The lowest BCUT2D eigenvalue weighted by atomic mass is 9.71. The number of hydrogen-bond acceptors (Lipinski definition) is 7. The Kier molecular flexibility index (Phi) is 7.45. The molecule has 1 heterocycles. The summed E-state index contributed by atoms with van der Waals surface area (Å²) in [6.07, 6.45) is 4.77. The molecular formula is C31H35NO6. The number of hydrogen-bond donors (Lipinski definition) is 1.